The normalized spacial score (nSPS) is 26.9. The van der Waals surface area contributed by atoms with Crippen LogP contribution in [0.1, 0.15) is 31.5 Å². The molecular formula is C20H29IN6O3. The molecule has 2 N–H and O–H groups in total. The Kier molecular flexibility index (Phi) is 7.48. The fourth-order valence-corrected chi connectivity index (χ4v) is 4.68. The number of halogens is 1. The van der Waals surface area contributed by atoms with Gasteiger partial charge in [0.05, 0.1) is 11.8 Å². The molecule has 0 radical (unpaired) electrons. The largest absolute Gasteiger partial charge is 0.357 e. The van der Waals surface area contributed by atoms with Crippen molar-refractivity contribution in [3.05, 3.63) is 23.9 Å². The maximum Gasteiger partial charge on any atom is 0.233 e. The van der Waals surface area contributed by atoms with Crippen LogP contribution in [0.2, 0.25) is 0 Å². The molecule has 2 fully saturated rings. The highest BCUT2D eigenvalue weighted by molar-refractivity contribution is 14.0. The van der Waals surface area contributed by atoms with Crippen LogP contribution in [0.5, 0.6) is 0 Å². The molecule has 1 aromatic rings. The number of carbonyl (C=O) groups is 2. The number of guanidine groups is 1. The van der Waals surface area contributed by atoms with Crippen LogP contribution >= 0.6 is 24.0 Å². The quantitative estimate of drug-likeness (QED) is 0.131. The summed E-state index contributed by atoms with van der Waals surface area (Å²) in [6.07, 6.45) is 6.47. The highest BCUT2D eigenvalue weighted by atomic mass is 127. The Labute approximate surface area is 193 Å². The lowest BCUT2D eigenvalue weighted by Crippen LogP contribution is -2.38. The fraction of sp³-hybridized carbons (Fsp3) is 0.650. The van der Waals surface area contributed by atoms with Crippen LogP contribution in [-0.4, -0.2) is 59.0 Å². The van der Waals surface area contributed by atoms with Crippen LogP contribution in [0.25, 0.3) is 0 Å². The van der Waals surface area contributed by atoms with Crippen LogP contribution in [-0.2, 0) is 16.0 Å². The SMILES string of the molecule is CCNC(=NCCCN1C(=O)C2C3C=CC(C3)C2C1=O)NCCc1nc(C)no1.I. The standard InChI is InChI=1S/C20H28N6O3.HI/c1-3-21-20(23-9-7-15-24-12(2)25-29-15)22-8-4-10-26-18(27)16-13-5-6-14(11-13)17(16)19(26)28;/h5-6,13-14,16-17H,3-4,7-11H2,1-2H3,(H2,21,22,23);1H. The molecule has 164 valence electrons. The zero-order valence-electron chi connectivity index (χ0n) is 17.3. The molecule has 1 aliphatic heterocycles. The van der Waals surface area contributed by atoms with E-state index in [-0.39, 0.29) is 59.5 Å². The Balaban J connectivity index is 0.00000256. The molecule has 1 saturated carbocycles. The van der Waals surface area contributed by atoms with Crippen molar-refractivity contribution in [3.8, 4) is 0 Å². The van der Waals surface area contributed by atoms with Crippen molar-refractivity contribution >= 4 is 41.8 Å². The Bertz CT molecular complexity index is 808. The number of hydrogen-bond acceptors (Lipinski definition) is 6. The number of aliphatic imine (C=N–C) groups is 1. The summed E-state index contributed by atoms with van der Waals surface area (Å²) in [4.78, 5) is 35.6. The molecule has 0 aromatic carbocycles. The molecule has 3 aliphatic rings. The second-order valence-electron chi connectivity index (χ2n) is 7.85. The number of allylic oxidation sites excluding steroid dienone is 2. The molecule has 4 atom stereocenters. The summed E-state index contributed by atoms with van der Waals surface area (Å²) in [5, 5.41) is 10.2. The van der Waals surface area contributed by atoms with E-state index in [0.717, 1.165) is 13.0 Å². The Hall–Kier alpha value is -1.98. The molecule has 9 nitrogen and oxygen atoms in total. The third-order valence-corrected chi connectivity index (χ3v) is 5.92. The first-order valence-electron chi connectivity index (χ1n) is 10.4. The summed E-state index contributed by atoms with van der Waals surface area (Å²) >= 11 is 0. The van der Waals surface area contributed by atoms with Crippen molar-refractivity contribution in [2.45, 2.75) is 33.1 Å². The molecule has 4 unspecified atom stereocenters. The Morgan fingerprint density at radius 2 is 1.93 bits per heavy atom. The van der Waals surface area contributed by atoms with Crippen molar-refractivity contribution in [2.24, 2.45) is 28.7 Å². The van der Waals surface area contributed by atoms with E-state index in [9.17, 15) is 9.59 Å². The van der Waals surface area contributed by atoms with Crippen molar-refractivity contribution in [2.75, 3.05) is 26.2 Å². The molecule has 2 aliphatic carbocycles. The van der Waals surface area contributed by atoms with Gasteiger partial charge in [-0.1, -0.05) is 17.3 Å². The second kappa shape index (κ2) is 9.88. The predicted octanol–water partition coefficient (Wildman–Crippen LogP) is 1.29. The number of aryl methyl sites for hydroxylation is 1. The maximum absolute atomic E-state index is 12.7. The number of rotatable bonds is 8. The van der Waals surface area contributed by atoms with Crippen molar-refractivity contribution in [3.63, 3.8) is 0 Å². The van der Waals surface area contributed by atoms with E-state index in [2.05, 4.69) is 37.9 Å². The van der Waals surface area contributed by atoms with E-state index in [1.807, 2.05) is 6.92 Å². The van der Waals surface area contributed by atoms with Gasteiger partial charge < -0.3 is 15.2 Å². The van der Waals surface area contributed by atoms with Crippen LogP contribution in [0, 0.1) is 30.6 Å². The molecule has 1 aromatic heterocycles. The first kappa shape index (κ1) is 22.7. The summed E-state index contributed by atoms with van der Waals surface area (Å²) in [5.74, 6) is 2.23. The van der Waals surface area contributed by atoms with Crippen molar-refractivity contribution < 1.29 is 14.1 Å². The lowest BCUT2D eigenvalue weighted by atomic mass is 9.85. The summed E-state index contributed by atoms with van der Waals surface area (Å²) in [5.41, 5.74) is 0. The average molecular weight is 528 g/mol. The Morgan fingerprint density at radius 3 is 2.53 bits per heavy atom. The number of fused-ring (bicyclic) bond motifs is 5. The minimum Gasteiger partial charge on any atom is -0.357 e. The number of aromatic nitrogens is 2. The summed E-state index contributed by atoms with van der Waals surface area (Å²) in [7, 11) is 0. The third-order valence-electron chi connectivity index (χ3n) is 5.92. The number of likely N-dealkylation sites (tertiary alicyclic amines) is 1. The van der Waals surface area contributed by atoms with Crippen LogP contribution in [0.3, 0.4) is 0 Å². The van der Waals surface area contributed by atoms with E-state index in [4.69, 9.17) is 4.52 Å². The van der Waals surface area contributed by atoms with Gasteiger partial charge >= 0.3 is 0 Å². The molecule has 10 heteroatoms. The number of amides is 2. The van der Waals surface area contributed by atoms with E-state index < -0.39 is 0 Å². The highest BCUT2D eigenvalue weighted by Gasteiger charge is 2.58. The number of hydrogen-bond donors (Lipinski definition) is 2. The molecular weight excluding hydrogens is 499 g/mol. The van der Waals surface area contributed by atoms with E-state index in [1.165, 1.54) is 4.90 Å². The van der Waals surface area contributed by atoms with Gasteiger partial charge in [-0.2, -0.15) is 4.98 Å². The molecule has 2 amide bonds. The van der Waals surface area contributed by atoms with E-state index in [0.29, 0.717) is 50.2 Å². The predicted molar refractivity (Wildman–Crippen MR) is 121 cm³/mol. The van der Waals surface area contributed by atoms with Gasteiger partial charge in [-0.15, -0.1) is 24.0 Å². The molecule has 30 heavy (non-hydrogen) atoms. The minimum absolute atomic E-state index is 0. The molecule has 0 spiro atoms. The van der Waals surface area contributed by atoms with Crippen LogP contribution in [0.15, 0.2) is 21.7 Å². The number of nitrogens with one attached hydrogen (secondary N) is 2. The van der Waals surface area contributed by atoms with Gasteiger partial charge in [-0.25, -0.2) is 0 Å². The van der Waals surface area contributed by atoms with Gasteiger partial charge in [0.1, 0.15) is 0 Å². The van der Waals surface area contributed by atoms with Gasteiger partial charge in [0.15, 0.2) is 11.8 Å². The van der Waals surface area contributed by atoms with Crippen LogP contribution < -0.4 is 10.6 Å². The number of carbonyl (C=O) groups excluding carboxylic acids is 2. The number of nitrogens with zero attached hydrogens (tertiary/aromatic N) is 4. The molecule has 2 heterocycles. The first-order valence-corrected chi connectivity index (χ1v) is 10.4. The lowest BCUT2D eigenvalue weighted by Gasteiger charge is -2.16. The molecule has 2 bridgehead atoms. The van der Waals surface area contributed by atoms with Gasteiger partial charge in [0, 0.05) is 32.6 Å². The minimum atomic E-state index is -0.117. The highest BCUT2D eigenvalue weighted by Crippen LogP contribution is 2.52. The van der Waals surface area contributed by atoms with Gasteiger partial charge in [0.25, 0.3) is 0 Å². The number of imide groups is 1. The zero-order chi connectivity index (χ0) is 20.4. The smallest absolute Gasteiger partial charge is 0.233 e. The van der Waals surface area contributed by atoms with Gasteiger partial charge in [-0.3, -0.25) is 19.5 Å². The average Bonchev–Trinajstić information content (AvgIpc) is 3.46. The van der Waals surface area contributed by atoms with Crippen LogP contribution in [0.4, 0.5) is 0 Å². The van der Waals surface area contributed by atoms with Crippen molar-refractivity contribution in [1.82, 2.24) is 25.7 Å². The second-order valence-corrected chi connectivity index (χ2v) is 7.85. The zero-order valence-corrected chi connectivity index (χ0v) is 19.7. The summed E-state index contributed by atoms with van der Waals surface area (Å²) in [6, 6.07) is 0. The van der Waals surface area contributed by atoms with E-state index >= 15 is 0 Å². The summed E-state index contributed by atoms with van der Waals surface area (Å²) < 4.78 is 5.10. The third kappa shape index (κ3) is 4.52. The lowest BCUT2D eigenvalue weighted by molar-refractivity contribution is -0.140. The van der Waals surface area contributed by atoms with Gasteiger partial charge in [-0.05, 0) is 38.5 Å². The molecule has 1 saturated heterocycles. The summed E-state index contributed by atoms with van der Waals surface area (Å²) in [6.45, 7) is 6.13. The van der Waals surface area contributed by atoms with Gasteiger partial charge in [0.2, 0.25) is 17.7 Å². The maximum atomic E-state index is 12.7. The fourth-order valence-electron chi connectivity index (χ4n) is 4.68. The monoisotopic (exact) mass is 528 g/mol. The first-order chi connectivity index (χ1) is 14.1. The van der Waals surface area contributed by atoms with Crippen molar-refractivity contribution in [1.29, 1.82) is 0 Å². The van der Waals surface area contributed by atoms with E-state index in [1.54, 1.807) is 6.92 Å². The molecule has 4 rings (SSSR count). The topological polar surface area (TPSA) is 113 Å². The Morgan fingerprint density at radius 1 is 1.23 bits per heavy atom.